The van der Waals surface area contributed by atoms with Crippen LogP contribution in [0.5, 0.6) is 11.5 Å². The summed E-state index contributed by atoms with van der Waals surface area (Å²) < 4.78 is 16.4. The smallest absolute Gasteiger partial charge is 0.161 e. The van der Waals surface area contributed by atoms with Gasteiger partial charge in [0, 0.05) is 6.54 Å². The van der Waals surface area contributed by atoms with Gasteiger partial charge in [-0.25, -0.2) is 0 Å². The zero-order chi connectivity index (χ0) is 14.9. The highest BCUT2D eigenvalue weighted by Crippen LogP contribution is 2.28. The van der Waals surface area contributed by atoms with Crippen LogP contribution in [-0.4, -0.2) is 13.7 Å². The quantitative estimate of drug-likeness (QED) is 0.714. The lowest BCUT2D eigenvalue weighted by molar-refractivity contribution is 0.288. The summed E-state index contributed by atoms with van der Waals surface area (Å²) in [5.74, 6) is 2.52. The highest BCUT2D eigenvalue weighted by atomic mass is 16.5. The zero-order valence-electron chi connectivity index (χ0n) is 12.7. The van der Waals surface area contributed by atoms with Crippen LogP contribution in [0, 0.1) is 0 Å². The van der Waals surface area contributed by atoms with Gasteiger partial charge < -0.3 is 19.2 Å². The third kappa shape index (κ3) is 4.83. The molecule has 1 aromatic carbocycles. The molecule has 0 spiro atoms. The number of ether oxygens (including phenoxy) is 2. The van der Waals surface area contributed by atoms with Gasteiger partial charge in [0.15, 0.2) is 11.5 Å². The van der Waals surface area contributed by atoms with Crippen LogP contribution in [0.15, 0.2) is 41.0 Å². The van der Waals surface area contributed by atoms with Gasteiger partial charge in [-0.05, 0) is 36.2 Å². The zero-order valence-corrected chi connectivity index (χ0v) is 12.7. The van der Waals surface area contributed by atoms with Crippen LogP contribution in [0.1, 0.15) is 31.1 Å². The van der Waals surface area contributed by atoms with Crippen LogP contribution in [0.3, 0.4) is 0 Å². The molecule has 0 aliphatic heterocycles. The molecular formula is C17H23NO3. The van der Waals surface area contributed by atoms with E-state index in [1.54, 1.807) is 13.4 Å². The van der Waals surface area contributed by atoms with E-state index in [0.29, 0.717) is 6.54 Å². The van der Waals surface area contributed by atoms with Crippen molar-refractivity contribution in [2.45, 2.75) is 32.9 Å². The third-order valence-electron chi connectivity index (χ3n) is 3.19. The van der Waals surface area contributed by atoms with Crippen molar-refractivity contribution in [2.24, 2.45) is 0 Å². The normalized spacial score (nSPS) is 10.6. The Morgan fingerprint density at radius 2 is 2.05 bits per heavy atom. The fourth-order valence-corrected chi connectivity index (χ4v) is 2.01. The van der Waals surface area contributed by atoms with E-state index in [2.05, 4.69) is 12.2 Å². The van der Waals surface area contributed by atoms with Crippen LogP contribution in [0.25, 0.3) is 0 Å². The van der Waals surface area contributed by atoms with Crippen molar-refractivity contribution in [2.75, 3.05) is 13.7 Å². The van der Waals surface area contributed by atoms with Crippen molar-refractivity contribution in [3.63, 3.8) is 0 Å². The number of unbranched alkanes of at least 4 members (excludes halogenated alkanes) is 1. The van der Waals surface area contributed by atoms with Crippen LogP contribution in [0.4, 0.5) is 0 Å². The van der Waals surface area contributed by atoms with Crippen molar-refractivity contribution >= 4 is 0 Å². The Hall–Kier alpha value is -1.94. The molecule has 0 radical (unpaired) electrons. The summed E-state index contributed by atoms with van der Waals surface area (Å²) in [5.41, 5.74) is 1.16. The van der Waals surface area contributed by atoms with Crippen molar-refractivity contribution in [3.05, 3.63) is 47.9 Å². The minimum absolute atomic E-state index is 0.713. The SMILES string of the molecule is CCCCOc1cc(CNCc2ccco2)ccc1OC. The maximum atomic E-state index is 5.79. The molecule has 114 valence electrons. The van der Waals surface area contributed by atoms with Crippen LogP contribution < -0.4 is 14.8 Å². The van der Waals surface area contributed by atoms with E-state index in [-0.39, 0.29) is 0 Å². The Morgan fingerprint density at radius 1 is 1.14 bits per heavy atom. The first kappa shape index (κ1) is 15.4. The largest absolute Gasteiger partial charge is 0.493 e. The van der Waals surface area contributed by atoms with Crippen molar-refractivity contribution in [1.82, 2.24) is 5.32 Å². The topological polar surface area (TPSA) is 43.6 Å². The van der Waals surface area contributed by atoms with E-state index in [1.165, 1.54) is 0 Å². The fourth-order valence-electron chi connectivity index (χ4n) is 2.01. The molecule has 0 unspecified atom stereocenters. The molecule has 4 heteroatoms. The molecule has 0 amide bonds. The number of nitrogens with one attached hydrogen (secondary N) is 1. The van der Waals surface area contributed by atoms with E-state index in [9.17, 15) is 0 Å². The van der Waals surface area contributed by atoms with E-state index < -0.39 is 0 Å². The number of methoxy groups -OCH3 is 1. The number of furan rings is 1. The van der Waals surface area contributed by atoms with Crippen molar-refractivity contribution in [3.8, 4) is 11.5 Å². The first-order chi connectivity index (χ1) is 10.3. The average molecular weight is 289 g/mol. The molecule has 21 heavy (non-hydrogen) atoms. The summed E-state index contributed by atoms with van der Waals surface area (Å²) in [6.45, 7) is 4.34. The van der Waals surface area contributed by atoms with E-state index in [1.807, 2.05) is 30.3 Å². The van der Waals surface area contributed by atoms with E-state index in [4.69, 9.17) is 13.9 Å². The summed E-state index contributed by atoms with van der Waals surface area (Å²) in [6.07, 6.45) is 3.85. The van der Waals surface area contributed by atoms with Gasteiger partial charge in [-0.1, -0.05) is 19.4 Å². The molecule has 4 nitrogen and oxygen atoms in total. The number of rotatable bonds is 9. The van der Waals surface area contributed by atoms with Crippen molar-refractivity contribution in [1.29, 1.82) is 0 Å². The van der Waals surface area contributed by atoms with E-state index >= 15 is 0 Å². The van der Waals surface area contributed by atoms with Crippen molar-refractivity contribution < 1.29 is 13.9 Å². The maximum Gasteiger partial charge on any atom is 0.161 e. The molecule has 0 atom stereocenters. The second-order valence-corrected chi connectivity index (χ2v) is 4.87. The van der Waals surface area contributed by atoms with E-state index in [0.717, 1.165) is 48.8 Å². The molecule has 0 saturated heterocycles. The van der Waals surface area contributed by atoms with Gasteiger partial charge in [0.25, 0.3) is 0 Å². The predicted molar refractivity (Wildman–Crippen MR) is 82.6 cm³/mol. The first-order valence-electron chi connectivity index (χ1n) is 7.36. The maximum absolute atomic E-state index is 5.79. The summed E-state index contributed by atoms with van der Waals surface area (Å²) in [5, 5.41) is 3.35. The fraction of sp³-hybridized carbons (Fsp3) is 0.412. The Morgan fingerprint density at radius 3 is 2.76 bits per heavy atom. The summed E-state index contributed by atoms with van der Waals surface area (Å²) in [4.78, 5) is 0. The van der Waals surface area contributed by atoms with Gasteiger partial charge in [-0.2, -0.15) is 0 Å². The Bertz CT molecular complexity index is 523. The lowest BCUT2D eigenvalue weighted by Gasteiger charge is -2.12. The monoisotopic (exact) mass is 289 g/mol. The highest BCUT2D eigenvalue weighted by Gasteiger charge is 2.06. The first-order valence-corrected chi connectivity index (χ1v) is 7.36. The van der Waals surface area contributed by atoms with Gasteiger partial charge in [0.2, 0.25) is 0 Å². The molecule has 1 aromatic heterocycles. The van der Waals surface area contributed by atoms with Gasteiger partial charge in [0.1, 0.15) is 5.76 Å². The summed E-state index contributed by atoms with van der Waals surface area (Å²) in [6, 6.07) is 9.87. The minimum Gasteiger partial charge on any atom is -0.493 e. The number of hydrogen-bond acceptors (Lipinski definition) is 4. The number of benzene rings is 1. The molecule has 0 saturated carbocycles. The second kappa shape index (κ2) is 8.37. The van der Waals surface area contributed by atoms with Gasteiger partial charge in [-0.3, -0.25) is 0 Å². The van der Waals surface area contributed by atoms with Crippen LogP contribution in [-0.2, 0) is 13.1 Å². The van der Waals surface area contributed by atoms with Gasteiger partial charge in [-0.15, -0.1) is 0 Å². The molecule has 0 aliphatic carbocycles. The van der Waals surface area contributed by atoms with Gasteiger partial charge in [0.05, 0.1) is 26.5 Å². The van der Waals surface area contributed by atoms with Gasteiger partial charge >= 0.3 is 0 Å². The van der Waals surface area contributed by atoms with Crippen LogP contribution in [0.2, 0.25) is 0 Å². The molecule has 0 bridgehead atoms. The third-order valence-corrected chi connectivity index (χ3v) is 3.19. The standard InChI is InChI=1S/C17H23NO3/c1-3-4-9-21-17-11-14(7-8-16(17)19-2)12-18-13-15-6-5-10-20-15/h5-8,10-11,18H,3-4,9,12-13H2,1-2H3. The molecule has 1 heterocycles. The Kier molecular flexibility index (Phi) is 6.16. The summed E-state index contributed by atoms with van der Waals surface area (Å²) in [7, 11) is 1.66. The molecule has 2 aromatic rings. The number of hydrogen-bond donors (Lipinski definition) is 1. The molecule has 0 aliphatic rings. The molecule has 1 N–H and O–H groups in total. The van der Waals surface area contributed by atoms with Crippen LogP contribution >= 0.6 is 0 Å². The minimum atomic E-state index is 0.713. The molecular weight excluding hydrogens is 266 g/mol. The highest BCUT2D eigenvalue weighted by molar-refractivity contribution is 5.42. The summed E-state index contributed by atoms with van der Waals surface area (Å²) >= 11 is 0. The average Bonchev–Trinajstić information content (AvgIpc) is 3.01. The molecule has 0 fully saturated rings. The predicted octanol–water partition coefficient (Wildman–Crippen LogP) is 3.76. The molecule has 2 rings (SSSR count). The lowest BCUT2D eigenvalue weighted by Crippen LogP contribution is -2.12. The Labute approximate surface area is 126 Å². The second-order valence-electron chi connectivity index (χ2n) is 4.87. The Balaban J connectivity index is 1.91. The lowest BCUT2D eigenvalue weighted by atomic mass is 10.2.